The van der Waals surface area contributed by atoms with Crippen LogP contribution >= 0.6 is 0 Å². The molecule has 0 aromatic heterocycles. The molecule has 0 saturated heterocycles. The number of nitrogens with two attached hydrogens (primary N) is 1. The highest BCUT2D eigenvalue weighted by Gasteiger charge is 2.38. The minimum absolute atomic E-state index is 0.0555. The zero-order valence-electron chi connectivity index (χ0n) is 15.4. The fourth-order valence-electron chi connectivity index (χ4n) is 3.70. The molecule has 0 unspecified atom stereocenters. The molecule has 1 heterocycles. The SMILES string of the molecule is C#CCOc1ccc([C@@H]2C(C#N)=C(N)N(C)C3=C2C(=O)CCC3)cc1OC. The van der Waals surface area contributed by atoms with E-state index in [0.717, 1.165) is 24.1 Å². The van der Waals surface area contributed by atoms with Gasteiger partial charge in [-0.2, -0.15) is 5.26 Å². The summed E-state index contributed by atoms with van der Waals surface area (Å²) in [5.74, 6) is 3.33. The van der Waals surface area contributed by atoms with Crippen molar-refractivity contribution < 1.29 is 14.3 Å². The number of hydrogen-bond donors (Lipinski definition) is 1. The van der Waals surface area contributed by atoms with Crippen LogP contribution in [-0.4, -0.2) is 31.4 Å². The van der Waals surface area contributed by atoms with Crippen LogP contribution in [0.2, 0.25) is 0 Å². The molecule has 0 saturated carbocycles. The zero-order chi connectivity index (χ0) is 19.6. The van der Waals surface area contributed by atoms with Gasteiger partial charge in [-0.15, -0.1) is 6.42 Å². The first-order chi connectivity index (χ1) is 13.0. The van der Waals surface area contributed by atoms with Gasteiger partial charge in [-0.05, 0) is 30.5 Å². The Morgan fingerprint density at radius 1 is 1.37 bits per heavy atom. The average molecular weight is 363 g/mol. The highest BCUT2D eigenvalue weighted by atomic mass is 16.5. The Morgan fingerprint density at radius 2 is 2.15 bits per heavy atom. The fraction of sp³-hybridized carbons (Fsp3) is 0.333. The number of nitriles is 1. The molecule has 1 aromatic carbocycles. The summed E-state index contributed by atoms with van der Waals surface area (Å²) in [5.41, 5.74) is 8.90. The van der Waals surface area contributed by atoms with Crippen LogP contribution in [-0.2, 0) is 4.79 Å². The molecule has 138 valence electrons. The molecule has 2 aliphatic rings. The van der Waals surface area contributed by atoms with Gasteiger partial charge in [0.1, 0.15) is 12.4 Å². The molecule has 0 bridgehead atoms. The van der Waals surface area contributed by atoms with E-state index in [0.29, 0.717) is 34.9 Å². The number of nitrogens with zero attached hydrogens (tertiary/aromatic N) is 2. The summed E-state index contributed by atoms with van der Waals surface area (Å²) in [6.45, 7) is 0.119. The molecular formula is C21H21N3O3. The number of carbonyl (C=O) groups is 1. The Morgan fingerprint density at radius 3 is 2.81 bits per heavy atom. The molecule has 1 atom stereocenters. The Bertz CT molecular complexity index is 931. The van der Waals surface area contributed by atoms with Crippen LogP contribution < -0.4 is 15.2 Å². The second-order valence-corrected chi connectivity index (χ2v) is 6.44. The maximum Gasteiger partial charge on any atom is 0.162 e. The summed E-state index contributed by atoms with van der Waals surface area (Å²) in [6.07, 6.45) is 7.26. The van der Waals surface area contributed by atoms with Crippen LogP contribution in [0.4, 0.5) is 0 Å². The summed E-state index contributed by atoms with van der Waals surface area (Å²) >= 11 is 0. The number of allylic oxidation sites excluding steroid dienone is 3. The topological polar surface area (TPSA) is 88.6 Å². The first-order valence-corrected chi connectivity index (χ1v) is 8.67. The lowest BCUT2D eigenvalue weighted by Gasteiger charge is -2.37. The number of ketones is 1. The van der Waals surface area contributed by atoms with E-state index in [9.17, 15) is 10.1 Å². The fourth-order valence-corrected chi connectivity index (χ4v) is 3.70. The predicted octanol–water partition coefficient (Wildman–Crippen LogP) is 2.44. The van der Waals surface area contributed by atoms with Crippen molar-refractivity contribution in [2.45, 2.75) is 25.2 Å². The summed E-state index contributed by atoms with van der Waals surface area (Å²) in [6, 6.07) is 7.54. The lowest BCUT2D eigenvalue weighted by atomic mass is 9.76. The molecule has 6 heteroatoms. The Hall–Kier alpha value is -3.38. The normalized spacial score (nSPS) is 19.3. The molecule has 0 fully saturated rings. The third-order valence-electron chi connectivity index (χ3n) is 5.00. The molecule has 1 aliphatic heterocycles. The van der Waals surface area contributed by atoms with E-state index >= 15 is 0 Å². The predicted molar refractivity (Wildman–Crippen MR) is 101 cm³/mol. The van der Waals surface area contributed by atoms with E-state index in [4.69, 9.17) is 21.6 Å². The van der Waals surface area contributed by atoms with E-state index in [-0.39, 0.29) is 12.4 Å². The molecule has 0 spiro atoms. The van der Waals surface area contributed by atoms with Gasteiger partial charge < -0.3 is 20.1 Å². The van der Waals surface area contributed by atoms with Crippen LogP contribution in [0, 0.1) is 23.7 Å². The lowest BCUT2D eigenvalue weighted by Crippen LogP contribution is -2.36. The molecule has 0 radical (unpaired) electrons. The van der Waals surface area contributed by atoms with Crippen molar-refractivity contribution in [1.82, 2.24) is 4.90 Å². The van der Waals surface area contributed by atoms with Crippen molar-refractivity contribution in [2.24, 2.45) is 5.73 Å². The van der Waals surface area contributed by atoms with Crippen molar-refractivity contribution in [3.05, 3.63) is 46.4 Å². The third kappa shape index (κ3) is 3.11. The van der Waals surface area contributed by atoms with Crippen LogP contribution in [0.1, 0.15) is 30.7 Å². The van der Waals surface area contributed by atoms with E-state index in [1.807, 2.05) is 6.07 Å². The number of rotatable bonds is 4. The number of ether oxygens (including phenoxy) is 2. The number of hydrogen-bond acceptors (Lipinski definition) is 6. The number of benzene rings is 1. The van der Waals surface area contributed by atoms with E-state index < -0.39 is 5.92 Å². The van der Waals surface area contributed by atoms with Crippen LogP contribution in [0.15, 0.2) is 40.9 Å². The number of Topliss-reactive ketones (excluding diaryl/α,β-unsaturated/α-hetero) is 1. The quantitative estimate of drug-likeness (QED) is 0.827. The van der Waals surface area contributed by atoms with E-state index in [1.54, 1.807) is 24.1 Å². The highest BCUT2D eigenvalue weighted by molar-refractivity contribution is 5.99. The van der Waals surface area contributed by atoms with Gasteiger partial charge in [-0.3, -0.25) is 4.79 Å². The zero-order valence-corrected chi connectivity index (χ0v) is 15.4. The minimum atomic E-state index is -0.510. The van der Waals surface area contributed by atoms with E-state index in [2.05, 4.69) is 12.0 Å². The third-order valence-corrected chi connectivity index (χ3v) is 5.00. The van der Waals surface area contributed by atoms with E-state index in [1.165, 1.54) is 7.11 Å². The lowest BCUT2D eigenvalue weighted by molar-refractivity contribution is -0.116. The molecule has 6 nitrogen and oxygen atoms in total. The van der Waals surface area contributed by atoms with Crippen LogP contribution in [0.3, 0.4) is 0 Å². The summed E-state index contributed by atoms with van der Waals surface area (Å²) in [4.78, 5) is 14.5. The first kappa shape index (κ1) is 18.4. The molecule has 1 aliphatic carbocycles. The molecule has 27 heavy (non-hydrogen) atoms. The van der Waals surface area contributed by atoms with Gasteiger partial charge in [0.15, 0.2) is 17.3 Å². The molecule has 0 amide bonds. The van der Waals surface area contributed by atoms with Gasteiger partial charge in [0.25, 0.3) is 0 Å². The molecule has 1 aromatic rings. The monoisotopic (exact) mass is 363 g/mol. The number of terminal acetylenes is 1. The molecule has 2 N–H and O–H groups in total. The van der Waals surface area contributed by atoms with Gasteiger partial charge in [0.05, 0.1) is 24.7 Å². The van der Waals surface area contributed by atoms with Crippen molar-refractivity contribution in [1.29, 1.82) is 5.26 Å². The second-order valence-electron chi connectivity index (χ2n) is 6.44. The summed E-state index contributed by atoms with van der Waals surface area (Å²) in [7, 11) is 3.33. The second kappa shape index (κ2) is 7.47. The first-order valence-electron chi connectivity index (χ1n) is 8.67. The number of carbonyl (C=O) groups excluding carboxylic acids is 1. The van der Waals surface area contributed by atoms with Crippen LogP contribution in [0.5, 0.6) is 11.5 Å². The van der Waals surface area contributed by atoms with Crippen molar-refractivity contribution in [2.75, 3.05) is 20.8 Å². The molecular weight excluding hydrogens is 342 g/mol. The molecule has 3 rings (SSSR count). The average Bonchev–Trinajstić information content (AvgIpc) is 2.69. The highest BCUT2D eigenvalue weighted by Crippen LogP contribution is 2.45. The largest absolute Gasteiger partial charge is 0.493 e. The summed E-state index contributed by atoms with van der Waals surface area (Å²) < 4.78 is 10.9. The Kier molecular flexibility index (Phi) is 5.09. The minimum Gasteiger partial charge on any atom is -0.493 e. The Labute approximate surface area is 158 Å². The summed E-state index contributed by atoms with van der Waals surface area (Å²) in [5, 5.41) is 9.76. The van der Waals surface area contributed by atoms with Crippen molar-refractivity contribution in [3.63, 3.8) is 0 Å². The number of methoxy groups -OCH3 is 1. The standard InChI is InChI=1S/C21H21N3O3/c1-4-10-27-17-9-8-13(11-18(17)26-3)19-14(12-22)21(23)24(2)15-6-5-7-16(25)20(15)19/h1,8-9,11,19H,5-7,10,23H2,2-3H3/t19-/m1/s1. The van der Waals surface area contributed by atoms with Gasteiger partial charge in [0.2, 0.25) is 0 Å². The van der Waals surface area contributed by atoms with Crippen LogP contribution in [0.25, 0.3) is 0 Å². The van der Waals surface area contributed by atoms with Gasteiger partial charge >= 0.3 is 0 Å². The van der Waals surface area contributed by atoms with Gasteiger partial charge in [-0.1, -0.05) is 12.0 Å². The van der Waals surface area contributed by atoms with Gasteiger partial charge in [-0.25, -0.2) is 0 Å². The van der Waals surface area contributed by atoms with Crippen molar-refractivity contribution in [3.8, 4) is 29.9 Å². The van der Waals surface area contributed by atoms with Crippen molar-refractivity contribution >= 4 is 5.78 Å². The maximum atomic E-state index is 12.8. The Balaban J connectivity index is 2.15. The smallest absolute Gasteiger partial charge is 0.162 e. The van der Waals surface area contributed by atoms with Gasteiger partial charge in [0, 0.05) is 24.7 Å². The maximum absolute atomic E-state index is 12.8.